The number of aliphatic carboxylic acids is 1. The maximum atomic E-state index is 12.4. The number of thiazole rings is 1. The van der Waals surface area contributed by atoms with E-state index in [0.29, 0.717) is 12.8 Å². The molecule has 6 heteroatoms. The predicted molar refractivity (Wildman–Crippen MR) is 81.1 cm³/mol. The quantitative estimate of drug-likeness (QED) is 0.876. The van der Waals surface area contributed by atoms with Gasteiger partial charge in [0, 0.05) is 11.1 Å². The van der Waals surface area contributed by atoms with E-state index in [1.807, 2.05) is 13.1 Å². The van der Waals surface area contributed by atoms with E-state index in [1.165, 1.54) is 4.88 Å². The number of nitrogens with zero attached hydrogens (tertiary/aromatic N) is 1. The first-order valence-corrected chi connectivity index (χ1v) is 8.32. The fourth-order valence-corrected chi connectivity index (χ4v) is 3.67. The molecule has 1 saturated carbocycles. The number of carbonyl (C=O) groups excluding carboxylic acids is 1. The molecule has 5 nitrogen and oxygen atoms in total. The van der Waals surface area contributed by atoms with E-state index in [-0.39, 0.29) is 11.9 Å². The minimum Gasteiger partial charge on any atom is -0.481 e. The zero-order valence-corrected chi connectivity index (χ0v) is 13.3. The summed E-state index contributed by atoms with van der Waals surface area (Å²) < 4.78 is 0. The van der Waals surface area contributed by atoms with Gasteiger partial charge in [0.05, 0.1) is 17.9 Å². The van der Waals surface area contributed by atoms with Crippen LogP contribution in [-0.2, 0) is 16.0 Å². The summed E-state index contributed by atoms with van der Waals surface area (Å²) in [5, 5.41) is 13.1. The number of hydrogen-bond acceptors (Lipinski definition) is 4. The van der Waals surface area contributed by atoms with E-state index in [9.17, 15) is 14.7 Å². The molecule has 1 aromatic heterocycles. The van der Waals surface area contributed by atoms with Gasteiger partial charge in [0.2, 0.25) is 5.91 Å². The summed E-state index contributed by atoms with van der Waals surface area (Å²) >= 11 is 1.59. The third kappa shape index (κ3) is 3.81. The van der Waals surface area contributed by atoms with Crippen LogP contribution in [0, 0.1) is 11.8 Å². The first-order chi connectivity index (χ1) is 10.0. The van der Waals surface area contributed by atoms with E-state index in [2.05, 4.69) is 17.2 Å². The van der Waals surface area contributed by atoms with Gasteiger partial charge in [-0.3, -0.25) is 9.59 Å². The zero-order valence-electron chi connectivity index (χ0n) is 12.5. The summed E-state index contributed by atoms with van der Waals surface area (Å²) in [6.07, 6.45) is 5.84. The fourth-order valence-electron chi connectivity index (χ4n) is 2.81. The van der Waals surface area contributed by atoms with Crippen LogP contribution < -0.4 is 5.32 Å². The van der Waals surface area contributed by atoms with Crippen molar-refractivity contribution in [2.24, 2.45) is 11.8 Å². The molecule has 1 aliphatic rings. The van der Waals surface area contributed by atoms with Gasteiger partial charge in [0.1, 0.15) is 5.01 Å². The van der Waals surface area contributed by atoms with Crippen LogP contribution in [0.4, 0.5) is 0 Å². The third-order valence-electron chi connectivity index (χ3n) is 4.07. The molecule has 0 radical (unpaired) electrons. The van der Waals surface area contributed by atoms with Gasteiger partial charge < -0.3 is 10.4 Å². The number of nitrogens with one attached hydrogen (secondary N) is 1. The highest BCUT2D eigenvalue weighted by molar-refractivity contribution is 7.11. The predicted octanol–water partition coefficient (Wildman–Crippen LogP) is 2.77. The van der Waals surface area contributed by atoms with Crippen LogP contribution in [-0.4, -0.2) is 22.0 Å². The molecule has 0 spiro atoms. The number of amides is 1. The van der Waals surface area contributed by atoms with Gasteiger partial charge in [-0.25, -0.2) is 4.98 Å². The Hall–Kier alpha value is -1.43. The van der Waals surface area contributed by atoms with E-state index >= 15 is 0 Å². The summed E-state index contributed by atoms with van der Waals surface area (Å²) in [5.41, 5.74) is 0. The van der Waals surface area contributed by atoms with Gasteiger partial charge in [0.25, 0.3) is 0 Å². The molecule has 3 atom stereocenters. The molecule has 0 saturated heterocycles. The fraction of sp³-hybridized carbons (Fsp3) is 0.667. The topological polar surface area (TPSA) is 79.3 Å². The Balaban J connectivity index is 2.00. The summed E-state index contributed by atoms with van der Waals surface area (Å²) in [6, 6.07) is -0.167. The normalized spacial score (nSPS) is 23.5. The van der Waals surface area contributed by atoms with Crippen LogP contribution in [0.15, 0.2) is 6.20 Å². The van der Waals surface area contributed by atoms with E-state index in [1.54, 1.807) is 11.3 Å². The molecular weight excluding hydrogens is 288 g/mol. The van der Waals surface area contributed by atoms with E-state index < -0.39 is 17.8 Å². The second-order valence-electron chi connectivity index (χ2n) is 5.58. The lowest BCUT2D eigenvalue weighted by Crippen LogP contribution is -2.40. The molecule has 1 amide bonds. The molecular formula is C15H22N2O3S. The van der Waals surface area contributed by atoms with Gasteiger partial charge in [-0.05, 0) is 26.2 Å². The first kappa shape index (κ1) is 15.9. The number of carboxylic acids is 1. The molecule has 0 bridgehead atoms. The Bertz CT molecular complexity index is 515. The van der Waals surface area contributed by atoms with E-state index in [4.69, 9.17) is 0 Å². The standard InChI is InChI=1S/C15H22N2O3S/c1-3-10-8-16-14(21-10)9(2)17-13(18)11-6-4-5-7-12(11)15(19)20/h8-9,11-12H,3-7H2,1-2H3,(H,17,18)(H,19,20). The lowest BCUT2D eigenvalue weighted by molar-refractivity contribution is -0.149. The second-order valence-corrected chi connectivity index (χ2v) is 6.73. The van der Waals surface area contributed by atoms with Gasteiger partial charge >= 0.3 is 5.97 Å². The maximum absolute atomic E-state index is 12.4. The Morgan fingerprint density at radius 3 is 2.67 bits per heavy atom. The van der Waals surface area contributed by atoms with Crippen LogP contribution in [0.25, 0.3) is 0 Å². The average Bonchev–Trinajstić information content (AvgIpc) is 2.96. The highest BCUT2D eigenvalue weighted by Gasteiger charge is 2.36. The molecule has 0 aliphatic heterocycles. The van der Waals surface area contributed by atoms with Crippen molar-refractivity contribution in [1.29, 1.82) is 0 Å². The lowest BCUT2D eigenvalue weighted by atomic mass is 9.78. The monoisotopic (exact) mass is 310 g/mol. The molecule has 1 aromatic rings. The molecule has 3 unspecified atom stereocenters. The molecule has 1 fully saturated rings. The molecule has 21 heavy (non-hydrogen) atoms. The SMILES string of the molecule is CCc1cnc(C(C)NC(=O)C2CCCCC2C(=O)O)s1. The molecule has 1 aliphatic carbocycles. The van der Waals surface area contributed by atoms with Crippen molar-refractivity contribution in [1.82, 2.24) is 10.3 Å². The van der Waals surface area contributed by atoms with Gasteiger partial charge in [-0.2, -0.15) is 0 Å². The summed E-state index contributed by atoms with van der Waals surface area (Å²) in [5.74, 6) is -1.97. The van der Waals surface area contributed by atoms with Crippen LogP contribution in [0.2, 0.25) is 0 Å². The van der Waals surface area contributed by atoms with Crippen molar-refractivity contribution in [2.75, 3.05) is 0 Å². The highest BCUT2D eigenvalue weighted by atomic mass is 32.1. The Morgan fingerprint density at radius 2 is 2.10 bits per heavy atom. The number of rotatable bonds is 5. The van der Waals surface area contributed by atoms with Crippen molar-refractivity contribution >= 4 is 23.2 Å². The van der Waals surface area contributed by atoms with Gasteiger partial charge in [-0.1, -0.05) is 19.8 Å². The maximum Gasteiger partial charge on any atom is 0.307 e. The third-order valence-corrected chi connectivity index (χ3v) is 5.39. The lowest BCUT2D eigenvalue weighted by Gasteiger charge is -2.28. The Labute approximate surface area is 128 Å². The van der Waals surface area contributed by atoms with Gasteiger partial charge in [-0.15, -0.1) is 11.3 Å². The minimum atomic E-state index is -0.856. The first-order valence-electron chi connectivity index (χ1n) is 7.50. The molecule has 0 aromatic carbocycles. The Morgan fingerprint density at radius 1 is 1.43 bits per heavy atom. The smallest absolute Gasteiger partial charge is 0.307 e. The summed E-state index contributed by atoms with van der Waals surface area (Å²) in [4.78, 5) is 29.2. The van der Waals surface area contributed by atoms with Crippen LogP contribution in [0.1, 0.15) is 55.5 Å². The molecule has 1 heterocycles. The van der Waals surface area contributed by atoms with Crippen molar-refractivity contribution in [3.05, 3.63) is 16.1 Å². The number of aromatic nitrogens is 1. The molecule has 2 N–H and O–H groups in total. The summed E-state index contributed by atoms with van der Waals surface area (Å²) in [7, 11) is 0. The number of carbonyl (C=O) groups is 2. The largest absolute Gasteiger partial charge is 0.481 e. The molecule has 2 rings (SSSR count). The second kappa shape index (κ2) is 7.02. The van der Waals surface area contributed by atoms with Crippen molar-refractivity contribution < 1.29 is 14.7 Å². The molecule has 116 valence electrons. The zero-order chi connectivity index (χ0) is 15.4. The Kier molecular flexibility index (Phi) is 5.33. The van der Waals surface area contributed by atoms with Crippen molar-refractivity contribution in [2.45, 2.75) is 52.0 Å². The van der Waals surface area contributed by atoms with Crippen molar-refractivity contribution in [3.63, 3.8) is 0 Å². The number of carboxylic acid groups (broad SMARTS) is 1. The number of aryl methyl sites for hydroxylation is 1. The average molecular weight is 310 g/mol. The van der Waals surface area contributed by atoms with Crippen LogP contribution >= 0.6 is 11.3 Å². The van der Waals surface area contributed by atoms with Crippen molar-refractivity contribution in [3.8, 4) is 0 Å². The van der Waals surface area contributed by atoms with E-state index in [0.717, 1.165) is 24.3 Å². The minimum absolute atomic E-state index is 0.150. The highest BCUT2D eigenvalue weighted by Crippen LogP contribution is 2.31. The van der Waals surface area contributed by atoms with Gasteiger partial charge in [0.15, 0.2) is 0 Å². The summed E-state index contributed by atoms with van der Waals surface area (Å²) in [6.45, 7) is 3.97. The number of hydrogen-bond donors (Lipinski definition) is 2. The van der Waals surface area contributed by atoms with Crippen LogP contribution in [0.3, 0.4) is 0 Å². The van der Waals surface area contributed by atoms with Crippen LogP contribution in [0.5, 0.6) is 0 Å².